The van der Waals surface area contributed by atoms with Gasteiger partial charge in [-0.1, -0.05) is 0 Å². The molecular formula is C17H26O4. The molecule has 5 aliphatic rings. The molecule has 0 radical (unpaired) electrons. The fourth-order valence-corrected chi connectivity index (χ4v) is 5.64. The predicted molar refractivity (Wildman–Crippen MR) is 76.5 cm³/mol. The number of methoxy groups -OCH3 is 1. The molecule has 0 aromatic carbocycles. The largest absolute Gasteiger partial charge is 0.467 e. The van der Waals surface area contributed by atoms with Gasteiger partial charge in [-0.2, -0.15) is 0 Å². The van der Waals surface area contributed by atoms with Crippen LogP contribution in [0.25, 0.3) is 0 Å². The molecule has 0 spiro atoms. The van der Waals surface area contributed by atoms with E-state index in [0.717, 1.165) is 37.0 Å². The minimum atomic E-state index is -0.428. The van der Waals surface area contributed by atoms with Gasteiger partial charge in [-0.15, -0.1) is 0 Å². The molecule has 1 aliphatic heterocycles. The molecule has 5 rings (SSSR count). The maximum absolute atomic E-state index is 11.7. The van der Waals surface area contributed by atoms with Gasteiger partial charge in [0.1, 0.15) is 0 Å². The molecule has 4 nitrogen and oxygen atoms in total. The Balaban J connectivity index is 1.42. The average Bonchev–Trinajstić information content (AvgIpc) is 2.44. The van der Waals surface area contributed by atoms with Gasteiger partial charge in [-0.05, 0) is 75.5 Å². The molecule has 0 amide bonds. The second kappa shape index (κ2) is 5.24. The third kappa shape index (κ3) is 2.61. The minimum Gasteiger partial charge on any atom is -0.467 e. The highest BCUT2D eigenvalue weighted by molar-refractivity contribution is 5.74. The molecule has 2 atom stereocenters. The second-order valence-corrected chi connectivity index (χ2v) is 7.73. The van der Waals surface area contributed by atoms with Crippen LogP contribution in [0.5, 0.6) is 0 Å². The Morgan fingerprint density at radius 1 is 1.05 bits per heavy atom. The van der Waals surface area contributed by atoms with Crippen LogP contribution >= 0.6 is 0 Å². The number of hydrogen-bond donors (Lipinski definition) is 0. The standard InChI is InChI=1S/C17H26O4/c1-19-16(18)14-3-2-4-15(20-14)21-17-8-11-5-12(9-17)7-13(6-11)10-17/h11-15H,2-10H2,1H3/t11?,12?,13?,14-,15-,17?/m0/s1. The molecule has 4 bridgehead atoms. The third-order valence-corrected chi connectivity index (χ3v) is 6.05. The highest BCUT2D eigenvalue weighted by Crippen LogP contribution is 2.57. The monoisotopic (exact) mass is 294 g/mol. The summed E-state index contributed by atoms with van der Waals surface area (Å²) in [5.74, 6) is 2.36. The summed E-state index contributed by atoms with van der Waals surface area (Å²) in [6, 6.07) is 0. The van der Waals surface area contributed by atoms with Crippen LogP contribution in [0.3, 0.4) is 0 Å². The zero-order chi connectivity index (χ0) is 14.4. The van der Waals surface area contributed by atoms with E-state index in [-0.39, 0.29) is 17.9 Å². The van der Waals surface area contributed by atoms with Crippen LogP contribution in [0.1, 0.15) is 57.8 Å². The lowest BCUT2D eigenvalue weighted by molar-refractivity contribution is -0.278. The van der Waals surface area contributed by atoms with Crippen molar-refractivity contribution >= 4 is 5.97 Å². The first-order valence-corrected chi connectivity index (χ1v) is 8.57. The average molecular weight is 294 g/mol. The summed E-state index contributed by atoms with van der Waals surface area (Å²) in [5, 5.41) is 0. The van der Waals surface area contributed by atoms with Crippen LogP contribution in [-0.2, 0) is 19.0 Å². The van der Waals surface area contributed by atoms with E-state index in [1.807, 2.05) is 0 Å². The summed E-state index contributed by atoms with van der Waals surface area (Å²) in [4.78, 5) is 11.7. The molecule has 4 heteroatoms. The zero-order valence-corrected chi connectivity index (χ0v) is 12.9. The van der Waals surface area contributed by atoms with Gasteiger partial charge in [0, 0.05) is 0 Å². The molecule has 21 heavy (non-hydrogen) atoms. The van der Waals surface area contributed by atoms with Crippen molar-refractivity contribution in [3.8, 4) is 0 Å². The number of carbonyl (C=O) groups excluding carboxylic acids is 1. The molecule has 0 N–H and O–H groups in total. The van der Waals surface area contributed by atoms with E-state index in [4.69, 9.17) is 14.2 Å². The quantitative estimate of drug-likeness (QED) is 0.751. The number of carbonyl (C=O) groups is 1. The van der Waals surface area contributed by atoms with Gasteiger partial charge >= 0.3 is 5.97 Å². The Hall–Kier alpha value is -0.610. The Morgan fingerprint density at radius 2 is 1.67 bits per heavy atom. The van der Waals surface area contributed by atoms with Gasteiger partial charge in [-0.25, -0.2) is 4.79 Å². The van der Waals surface area contributed by atoms with E-state index in [0.29, 0.717) is 0 Å². The first kappa shape index (κ1) is 14.0. The molecule has 1 heterocycles. The van der Waals surface area contributed by atoms with E-state index in [1.54, 1.807) is 0 Å². The van der Waals surface area contributed by atoms with Gasteiger partial charge in [0.15, 0.2) is 12.4 Å². The molecular weight excluding hydrogens is 268 g/mol. The van der Waals surface area contributed by atoms with E-state index < -0.39 is 6.10 Å². The molecule has 4 aliphatic carbocycles. The van der Waals surface area contributed by atoms with E-state index in [9.17, 15) is 4.79 Å². The molecule has 5 fully saturated rings. The van der Waals surface area contributed by atoms with Gasteiger partial charge in [-0.3, -0.25) is 0 Å². The normalized spacial score (nSPS) is 48.3. The van der Waals surface area contributed by atoms with Crippen molar-refractivity contribution in [2.24, 2.45) is 17.8 Å². The van der Waals surface area contributed by atoms with Gasteiger partial charge < -0.3 is 14.2 Å². The van der Waals surface area contributed by atoms with Gasteiger partial charge in [0.05, 0.1) is 12.7 Å². The van der Waals surface area contributed by atoms with Crippen molar-refractivity contribution < 1.29 is 19.0 Å². The van der Waals surface area contributed by atoms with Crippen molar-refractivity contribution in [1.29, 1.82) is 0 Å². The first-order valence-electron chi connectivity index (χ1n) is 8.57. The Kier molecular flexibility index (Phi) is 3.49. The third-order valence-electron chi connectivity index (χ3n) is 6.05. The highest BCUT2D eigenvalue weighted by atomic mass is 16.7. The first-order chi connectivity index (χ1) is 10.2. The van der Waals surface area contributed by atoms with Crippen molar-refractivity contribution in [3.05, 3.63) is 0 Å². The molecule has 4 saturated carbocycles. The highest BCUT2D eigenvalue weighted by Gasteiger charge is 2.53. The van der Waals surface area contributed by atoms with Crippen molar-refractivity contribution in [2.45, 2.75) is 75.8 Å². The summed E-state index contributed by atoms with van der Waals surface area (Å²) >= 11 is 0. The Bertz CT molecular complexity index is 384. The van der Waals surface area contributed by atoms with E-state index in [2.05, 4.69) is 0 Å². The number of esters is 1. The number of rotatable bonds is 3. The molecule has 0 aromatic rings. The van der Waals surface area contributed by atoms with E-state index in [1.165, 1.54) is 45.6 Å². The van der Waals surface area contributed by atoms with Crippen molar-refractivity contribution in [1.82, 2.24) is 0 Å². The fourth-order valence-electron chi connectivity index (χ4n) is 5.64. The minimum absolute atomic E-state index is 0.0530. The summed E-state index contributed by atoms with van der Waals surface area (Å²) in [6.45, 7) is 0. The van der Waals surface area contributed by atoms with Crippen molar-refractivity contribution in [2.75, 3.05) is 7.11 Å². The van der Waals surface area contributed by atoms with Crippen LogP contribution in [0.15, 0.2) is 0 Å². The lowest BCUT2D eigenvalue weighted by atomic mass is 9.54. The SMILES string of the molecule is COC(=O)[C@@H]1CCC[C@H](OC23CC4CC(CC(C4)C2)C3)O1. The maximum atomic E-state index is 11.7. The molecule has 1 saturated heterocycles. The topological polar surface area (TPSA) is 44.8 Å². The maximum Gasteiger partial charge on any atom is 0.335 e. The molecule has 118 valence electrons. The van der Waals surface area contributed by atoms with Crippen LogP contribution < -0.4 is 0 Å². The number of ether oxygens (including phenoxy) is 3. The zero-order valence-electron chi connectivity index (χ0n) is 12.9. The Labute approximate surface area is 126 Å². The fraction of sp³-hybridized carbons (Fsp3) is 0.941. The van der Waals surface area contributed by atoms with Crippen LogP contribution in [-0.4, -0.2) is 31.1 Å². The summed E-state index contributed by atoms with van der Waals surface area (Å²) in [7, 11) is 1.43. The summed E-state index contributed by atoms with van der Waals surface area (Å²) in [5.41, 5.74) is 0.0530. The van der Waals surface area contributed by atoms with Crippen LogP contribution in [0.2, 0.25) is 0 Å². The Morgan fingerprint density at radius 3 is 2.24 bits per heavy atom. The van der Waals surface area contributed by atoms with Gasteiger partial charge in [0.2, 0.25) is 0 Å². The molecule has 0 unspecified atom stereocenters. The summed E-state index contributed by atoms with van der Waals surface area (Å²) < 4.78 is 17.2. The lowest BCUT2D eigenvalue weighted by Crippen LogP contribution is -2.54. The lowest BCUT2D eigenvalue weighted by Gasteiger charge is -2.57. The number of hydrogen-bond acceptors (Lipinski definition) is 4. The smallest absolute Gasteiger partial charge is 0.335 e. The van der Waals surface area contributed by atoms with Crippen molar-refractivity contribution in [3.63, 3.8) is 0 Å². The van der Waals surface area contributed by atoms with E-state index >= 15 is 0 Å². The van der Waals surface area contributed by atoms with Crippen LogP contribution in [0, 0.1) is 17.8 Å². The second-order valence-electron chi connectivity index (χ2n) is 7.73. The van der Waals surface area contributed by atoms with Gasteiger partial charge in [0.25, 0.3) is 0 Å². The van der Waals surface area contributed by atoms with Crippen LogP contribution in [0.4, 0.5) is 0 Å². The summed E-state index contributed by atoms with van der Waals surface area (Å²) in [6.07, 6.45) is 9.89. The molecule has 0 aromatic heterocycles. The predicted octanol–water partition coefficient (Wildman–Crippen LogP) is 3.04.